The first-order valence-corrected chi connectivity index (χ1v) is 5.17. The molecular weight excluding hydrogens is 206 g/mol. The van der Waals surface area contributed by atoms with Crippen LogP contribution < -0.4 is 15.2 Å². The highest BCUT2D eigenvalue weighted by Gasteiger charge is 2.13. The Morgan fingerprint density at radius 2 is 1.94 bits per heavy atom. The molecule has 0 aliphatic heterocycles. The summed E-state index contributed by atoms with van der Waals surface area (Å²) in [6.07, 6.45) is 2.45. The molecule has 0 aliphatic rings. The van der Waals surface area contributed by atoms with Crippen molar-refractivity contribution in [3.63, 3.8) is 0 Å². The quantitative estimate of drug-likeness (QED) is 0.741. The first-order chi connectivity index (χ1) is 7.78. The van der Waals surface area contributed by atoms with Crippen LogP contribution in [0.3, 0.4) is 0 Å². The molecule has 0 spiro atoms. The molecule has 0 saturated heterocycles. The third-order valence-electron chi connectivity index (χ3n) is 2.41. The fourth-order valence-corrected chi connectivity index (χ4v) is 1.64. The highest BCUT2D eigenvalue weighted by Crippen LogP contribution is 2.34. The SMILES string of the molecule is COc1c(C=O)ccc(CCCN)c1OC. The van der Waals surface area contributed by atoms with E-state index in [1.807, 2.05) is 6.07 Å². The molecule has 0 atom stereocenters. The summed E-state index contributed by atoms with van der Waals surface area (Å²) in [5.74, 6) is 1.12. The van der Waals surface area contributed by atoms with Gasteiger partial charge in [-0.25, -0.2) is 0 Å². The molecule has 0 saturated carbocycles. The first kappa shape index (κ1) is 12.5. The maximum atomic E-state index is 10.8. The second kappa shape index (κ2) is 6.12. The van der Waals surface area contributed by atoms with E-state index in [2.05, 4.69) is 0 Å². The highest BCUT2D eigenvalue weighted by atomic mass is 16.5. The standard InChI is InChI=1S/C12H17NO3/c1-15-11-9(4-3-7-13)5-6-10(8-14)12(11)16-2/h5-6,8H,3-4,7,13H2,1-2H3. The van der Waals surface area contributed by atoms with Crippen molar-refractivity contribution < 1.29 is 14.3 Å². The van der Waals surface area contributed by atoms with Crippen molar-refractivity contribution in [1.29, 1.82) is 0 Å². The molecule has 0 aliphatic carbocycles. The van der Waals surface area contributed by atoms with Crippen molar-refractivity contribution >= 4 is 6.29 Å². The Morgan fingerprint density at radius 3 is 2.44 bits per heavy atom. The molecule has 16 heavy (non-hydrogen) atoms. The topological polar surface area (TPSA) is 61.5 Å². The Labute approximate surface area is 95.3 Å². The zero-order valence-corrected chi connectivity index (χ0v) is 9.66. The van der Waals surface area contributed by atoms with Gasteiger partial charge in [-0.2, -0.15) is 0 Å². The number of rotatable bonds is 6. The molecule has 0 aromatic heterocycles. The molecule has 0 heterocycles. The van der Waals surface area contributed by atoms with Crippen molar-refractivity contribution in [2.24, 2.45) is 5.73 Å². The fraction of sp³-hybridized carbons (Fsp3) is 0.417. The molecule has 0 bridgehead atoms. The van der Waals surface area contributed by atoms with Crippen LogP contribution in [-0.4, -0.2) is 27.1 Å². The van der Waals surface area contributed by atoms with E-state index in [0.29, 0.717) is 23.6 Å². The van der Waals surface area contributed by atoms with Crippen LogP contribution in [0.1, 0.15) is 22.3 Å². The van der Waals surface area contributed by atoms with Crippen LogP contribution in [0.2, 0.25) is 0 Å². The second-order valence-electron chi connectivity index (χ2n) is 3.39. The van der Waals surface area contributed by atoms with Crippen LogP contribution in [0.15, 0.2) is 12.1 Å². The van der Waals surface area contributed by atoms with Gasteiger partial charge >= 0.3 is 0 Å². The third-order valence-corrected chi connectivity index (χ3v) is 2.41. The van der Waals surface area contributed by atoms with Crippen molar-refractivity contribution in [3.8, 4) is 11.5 Å². The Morgan fingerprint density at radius 1 is 1.25 bits per heavy atom. The molecule has 0 amide bonds. The predicted octanol–water partition coefficient (Wildman–Crippen LogP) is 1.41. The van der Waals surface area contributed by atoms with Gasteiger partial charge in [-0.1, -0.05) is 6.07 Å². The number of carbonyl (C=O) groups is 1. The second-order valence-corrected chi connectivity index (χ2v) is 3.39. The van der Waals surface area contributed by atoms with Crippen LogP contribution >= 0.6 is 0 Å². The molecule has 0 fully saturated rings. The molecular formula is C12H17NO3. The number of aldehydes is 1. The van der Waals surface area contributed by atoms with Gasteiger partial charge in [-0.15, -0.1) is 0 Å². The van der Waals surface area contributed by atoms with Crippen molar-refractivity contribution in [1.82, 2.24) is 0 Å². The van der Waals surface area contributed by atoms with Crippen molar-refractivity contribution in [2.45, 2.75) is 12.8 Å². The van der Waals surface area contributed by atoms with E-state index in [4.69, 9.17) is 15.2 Å². The summed E-state index contributed by atoms with van der Waals surface area (Å²) < 4.78 is 10.5. The highest BCUT2D eigenvalue weighted by molar-refractivity contribution is 5.81. The van der Waals surface area contributed by atoms with Gasteiger partial charge in [0.15, 0.2) is 17.8 Å². The van der Waals surface area contributed by atoms with E-state index in [1.165, 1.54) is 7.11 Å². The van der Waals surface area contributed by atoms with E-state index >= 15 is 0 Å². The molecule has 88 valence electrons. The van der Waals surface area contributed by atoms with Gasteiger partial charge in [0, 0.05) is 0 Å². The smallest absolute Gasteiger partial charge is 0.171 e. The predicted molar refractivity (Wildman–Crippen MR) is 62.3 cm³/mol. The van der Waals surface area contributed by atoms with Gasteiger partial charge in [0.25, 0.3) is 0 Å². The Balaban J connectivity index is 3.14. The molecule has 0 unspecified atom stereocenters. The molecule has 1 aromatic carbocycles. The maximum Gasteiger partial charge on any atom is 0.171 e. The van der Waals surface area contributed by atoms with Crippen molar-refractivity contribution in [3.05, 3.63) is 23.3 Å². The number of ether oxygens (including phenoxy) is 2. The van der Waals surface area contributed by atoms with Gasteiger partial charge in [-0.05, 0) is 31.0 Å². The maximum absolute atomic E-state index is 10.8. The van der Waals surface area contributed by atoms with Gasteiger partial charge in [0.05, 0.1) is 19.8 Å². The molecule has 1 aromatic rings. The Bertz CT molecular complexity index is 364. The van der Waals surface area contributed by atoms with Gasteiger partial charge in [0.1, 0.15) is 0 Å². The summed E-state index contributed by atoms with van der Waals surface area (Å²) in [5.41, 5.74) is 6.97. The minimum absolute atomic E-state index is 0.493. The fourth-order valence-electron chi connectivity index (χ4n) is 1.64. The summed E-state index contributed by atoms with van der Waals surface area (Å²) in [5, 5.41) is 0. The average Bonchev–Trinajstić information content (AvgIpc) is 2.34. The van der Waals surface area contributed by atoms with E-state index in [9.17, 15) is 4.79 Å². The largest absolute Gasteiger partial charge is 0.493 e. The van der Waals surface area contributed by atoms with E-state index < -0.39 is 0 Å². The lowest BCUT2D eigenvalue weighted by atomic mass is 10.0. The van der Waals surface area contributed by atoms with Crippen LogP contribution in [0.4, 0.5) is 0 Å². The molecule has 4 heteroatoms. The molecule has 0 radical (unpaired) electrons. The van der Waals surface area contributed by atoms with Gasteiger partial charge in [0.2, 0.25) is 0 Å². The lowest BCUT2D eigenvalue weighted by Crippen LogP contribution is -2.03. The van der Waals surface area contributed by atoms with Crippen LogP contribution in [-0.2, 0) is 6.42 Å². The summed E-state index contributed by atoms with van der Waals surface area (Å²) in [4.78, 5) is 10.8. The molecule has 1 rings (SSSR count). The van der Waals surface area contributed by atoms with E-state index in [-0.39, 0.29) is 0 Å². The van der Waals surface area contributed by atoms with Crippen LogP contribution in [0.5, 0.6) is 11.5 Å². The monoisotopic (exact) mass is 223 g/mol. The number of hydrogen-bond acceptors (Lipinski definition) is 4. The first-order valence-electron chi connectivity index (χ1n) is 5.17. The Hall–Kier alpha value is -1.55. The lowest BCUT2D eigenvalue weighted by molar-refractivity contribution is 0.112. The van der Waals surface area contributed by atoms with Gasteiger partial charge in [-0.3, -0.25) is 4.79 Å². The number of hydrogen-bond donors (Lipinski definition) is 1. The number of carbonyl (C=O) groups excluding carboxylic acids is 1. The van der Waals surface area contributed by atoms with E-state index in [0.717, 1.165) is 24.7 Å². The molecule has 2 N–H and O–H groups in total. The average molecular weight is 223 g/mol. The van der Waals surface area contributed by atoms with Crippen LogP contribution in [0, 0.1) is 0 Å². The normalized spacial score (nSPS) is 9.94. The number of aryl methyl sites for hydroxylation is 1. The summed E-state index contributed by atoms with van der Waals surface area (Å²) in [6.45, 7) is 0.626. The number of nitrogens with two attached hydrogens (primary N) is 1. The zero-order valence-electron chi connectivity index (χ0n) is 9.66. The zero-order chi connectivity index (χ0) is 12.0. The van der Waals surface area contributed by atoms with Crippen LogP contribution in [0.25, 0.3) is 0 Å². The van der Waals surface area contributed by atoms with Gasteiger partial charge < -0.3 is 15.2 Å². The summed E-state index contributed by atoms with van der Waals surface area (Å²) in [6, 6.07) is 3.61. The van der Waals surface area contributed by atoms with E-state index in [1.54, 1.807) is 13.2 Å². The Kier molecular flexibility index (Phi) is 4.79. The third kappa shape index (κ3) is 2.52. The minimum atomic E-state index is 0.493. The lowest BCUT2D eigenvalue weighted by Gasteiger charge is -2.14. The molecule has 4 nitrogen and oxygen atoms in total. The number of benzene rings is 1. The summed E-state index contributed by atoms with van der Waals surface area (Å²) >= 11 is 0. The number of methoxy groups -OCH3 is 2. The minimum Gasteiger partial charge on any atom is -0.493 e. The van der Waals surface area contributed by atoms with Crippen molar-refractivity contribution in [2.75, 3.05) is 20.8 Å². The summed E-state index contributed by atoms with van der Waals surface area (Å²) in [7, 11) is 3.09.